The van der Waals surface area contributed by atoms with Gasteiger partial charge in [0.05, 0.1) is 17.3 Å². The molecule has 2 aliphatic heterocycles. The first-order valence-corrected chi connectivity index (χ1v) is 8.56. The van der Waals surface area contributed by atoms with Gasteiger partial charge in [-0.05, 0) is 18.4 Å². The number of hydrogen-bond donors (Lipinski definition) is 1. The lowest BCUT2D eigenvalue weighted by Crippen LogP contribution is -2.46. The van der Waals surface area contributed by atoms with Gasteiger partial charge >= 0.3 is 12.0 Å². The van der Waals surface area contributed by atoms with Crippen molar-refractivity contribution >= 4 is 12.0 Å². The van der Waals surface area contributed by atoms with Crippen LogP contribution in [0.4, 0.5) is 4.79 Å². The zero-order valence-corrected chi connectivity index (χ0v) is 13.8. The SMILES string of the molecule is O=C1OCC2=C1[C@@H](c1ccccc1)NC(=O)N2Cc1nc(C2CC2)no1. The topological polar surface area (TPSA) is 97.6 Å². The van der Waals surface area contributed by atoms with Crippen molar-refractivity contribution in [3.05, 3.63) is 58.9 Å². The number of nitrogens with one attached hydrogen (secondary N) is 1. The van der Waals surface area contributed by atoms with E-state index in [9.17, 15) is 9.59 Å². The molecule has 0 radical (unpaired) electrons. The maximum atomic E-state index is 12.7. The van der Waals surface area contributed by atoms with Gasteiger partial charge in [-0.15, -0.1) is 0 Å². The van der Waals surface area contributed by atoms with Gasteiger partial charge in [-0.3, -0.25) is 4.90 Å². The summed E-state index contributed by atoms with van der Waals surface area (Å²) < 4.78 is 10.5. The van der Waals surface area contributed by atoms with E-state index in [4.69, 9.17) is 9.26 Å². The molecule has 2 aromatic rings. The quantitative estimate of drug-likeness (QED) is 0.846. The molecule has 0 saturated heterocycles. The first-order valence-electron chi connectivity index (χ1n) is 8.56. The van der Waals surface area contributed by atoms with Crippen molar-refractivity contribution in [3.8, 4) is 0 Å². The maximum Gasteiger partial charge on any atom is 0.338 e. The van der Waals surface area contributed by atoms with E-state index in [0.29, 0.717) is 28.9 Å². The largest absolute Gasteiger partial charge is 0.456 e. The van der Waals surface area contributed by atoms with Gasteiger partial charge in [0.1, 0.15) is 13.2 Å². The van der Waals surface area contributed by atoms with Crippen LogP contribution in [0.3, 0.4) is 0 Å². The second kappa shape index (κ2) is 5.69. The lowest BCUT2D eigenvalue weighted by molar-refractivity contribution is -0.136. The monoisotopic (exact) mass is 352 g/mol. The Balaban J connectivity index is 1.48. The molecule has 1 saturated carbocycles. The standard InChI is InChI=1S/C18H16N4O4/c23-17-14-12(9-25-17)22(8-13-19-16(21-26-13)11-6-7-11)18(24)20-15(14)10-4-2-1-3-5-10/h1-5,11,15H,6-9H2,(H,20,24)/t15-/m1/s1. The van der Waals surface area contributed by atoms with Crippen LogP contribution in [0.25, 0.3) is 0 Å². The van der Waals surface area contributed by atoms with Crippen LogP contribution < -0.4 is 5.32 Å². The molecule has 1 aromatic carbocycles. The Bertz CT molecular complexity index is 916. The number of carbonyl (C=O) groups is 2. The number of rotatable bonds is 4. The van der Waals surface area contributed by atoms with Gasteiger partial charge in [0.25, 0.3) is 0 Å². The summed E-state index contributed by atoms with van der Waals surface area (Å²) in [5.74, 6) is 0.998. The highest BCUT2D eigenvalue weighted by molar-refractivity contribution is 5.97. The fraction of sp³-hybridized carbons (Fsp3) is 0.333. The fourth-order valence-electron chi connectivity index (χ4n) is 3.35. The zero-order chi connectivity index (χ0) is 17.7. The third kappa shape index (κ3) is 2.45. The molecule has 1 N–H and O–H groups in total. The Morgan fingerprint density at radius 2 is 2.00 bits per heavy atom. The van der Waals surface area contributed by atoms with E-state index in [-0.39, 0.29) is 19.2 Å². The van der Waals surface area contributed by atoms with Crippen molar-refractivity contribution in [2.45, 2.75) is 31.3 Å². The molecule has 26 heavy (non-hydrogen) atoms. The molecule has 0 spiro atoms. The molecule has 132 valence electrons. The van der Waals surface area contributed by atoms with Crippen LogP contribution in [0, 0.1) is 0 Å². The van der Waals surface area contributed by atoms with Crippen LogP contribution in [-0.2, 0) is 16.1 Å². The smallest absolute Gasteiger partial charge is 0.338 e. The normalized spacial score (nSPS) is 22.3. The predicted octanol–water partition coefficient (Wildman–Crippen LogP) is 2.02. The summed E-state index contributed by atoms with van der Waals surface area (Å²) in [6, 6.07) is 8.53. The maximum absolute atomic E-state index is 12.7. The minimum Gasteiger partial charge on any atom is -0.456 e. The van der Waals surface area contributed by atoms with Crippen molar-refractivity contribution < 1.29 is 18.8 Å². The number of esters is 1. The van der Waals surface area contributed by atoms with Crippen LogP contribution in [-0.4, -0.2) is 33.6 Å². The Morgan fingerprint density at radius 3 is 2.77 bits per heavy atom. The average molecular weight is 352 g/mol. The van der Waals surface area contributed by atoms with Crippen LogP contribution in [0.2, 0.25) is 0 Å². The number of nitrogens with zero attached hydrogens (tertiary/aromatic N) is 3. The third-order valence-electron chi connectivity index (χ3n) is 4.85. The Hall–Kier alpha value is -3.16. The highest BCUT2D eigenvalue weighted by atomic mass is 16.5. The third-order valence-corrected chi connectivity index (χ3v) is 4.85. The van der Waals surface area contributed by atoms with Crippen molar-refractivity contribution in [2.75, 3.05) is 6.61 Å². The second-order valence-corrected chi connectivity index (χ2v) is 6.64. The second-order valence-electron chi connectivity index (χ2n) is 6.64. The number of urea groups is 1. The highest BCUT2D eigenvalue weighted by Gasteiger charge is 2.42. The van der Waals surface area contributed by atoms with Gasteiger partial charge < -0.3 is 14.6 Å². The summed E-state index contributed by atoms with van der Waals surface area (Å²) >= 11 is 0. The summed E-state index contributed by atoms with van der Waals surface area (Å²) in [6.45, 7) is 0.178. The number of ether oxygens (including phenoxy) is 1. The summed E-state index contributed by atoms with van der Waals surface area (Å²) in [7, 11) is 0. The van der Waals surface area contributed by atoms with E-state index in [1.165, 1.54) is 4.90 Å². The molecule has 1 aliphatic carbocycles. The van der Waals surface area contributed by atoms with Gasteiger partial charge in [0.2, 0.25) is 5.89 Å². The molecule has 8 heteroatoms. The van der Waals surface area contributed by atoms with Crippen LogP contribution in [0.5, 0.6) is 0 Å². The van der Waals surface area contributed by atoms with E-state index >= 15 is 0 Å². The van der Waals surface area contributed by atoms with Crippen molar-refractivity contribution in [1.29, 1.82) is 0 Å². The summed E-state index contributed by atoms with van der Waals surface area (Å²) in [6.07, 6.45) is 2.14. The minimum atomic E-state index is -0.519. The number of carbonyl (C=O) groups excluding carboxylic acids is 2. The number of amides is 2. The van der Waals surface area contributed by atoms with E-state index in [0.717, 1.165) is 18.4 Å². The fourth-order valence-corrected chi connectivity index (χ4v) is 3.35. The van der Waals surface area contributed by atoms with Gasteiger partial charge in [0.15, 0.2) is 5.82 Å². The van der Waals surface area contributed by atoms with Crippen LogP contribution in [0.1, 0.15) is 42.1 Å². The summed E-state index contributed by atoms with van der Waals surface area (Å²) in [4.78, 5) is 30.8. The summed E-state index contributed by atoms with van der Waals surface area (Å²) in [5.41, 5.74) is 1.84. The Morgan fingerprint density at radius 1 is 1.19 bits per heavy atom. The predicted molar refractivity (Wildman–Crippen MR) is 87.5 cm³/mol. The van der Waals surface area contributed by atoms with Crippen LogP contribution in [0.15, 0.2) is 46.1 Å². The lowest BCUT2D eigenvalue weighted by Gasteiger charge is -2.32. The molecule has 5 rings (SSSR count). The molecule has 2 amide bonds. The number of hydrogen-bond acceptors (Lipinski definition) is 6. The van der Waals surface area contributed by atoms with Gasteiger partial charge in [-0.2, -0.15) is 4.98 Å². The molecule has 0 bridgehead atoms. The molecule has 1 aromatic heterocycles. The van der Waals surface area contributed by atoms with E-state index in [1.54, 1.807) is 0 Å². The van der Waals surface area contributed by atoms with Crippen molar-refractivity contribution in [2.24, 2.45) is 0 Å². The van der Waals surface area contributed by atoms with E-state index < -0.39 is 12.0 Å². The molecule has 1 fully saturated rings. The lowest BCUT2D eigenvalue weighted by atomic mass is 9.96. The van der Waals surface area contributed by atoms with E-state index in [1.807, 2.05) is 30.3 Å². The molecule has 8 nitrogen and oxygen atoms in total. The Labute approximate surface area is 148 Å². The number of benzene rings is 1. The number of aromatic nitrogens is 2. The molecular formula is C18H16N4O4. The van der Waals surface area contributed by atoms with Gasteiger partial charge in [-0.1, -0.05) is 35.5 Å². The van der Waals surface area contributed by atoms with Crippen molar-refractivity contribution in [1.82, 2.24) is 20.4 Å². The molecule has 0 unspecified atom stereocenters. The van der Waals surface area contributed by atoms with Gasteiger partial charge in [-0.25, -0.2) is 9.59 Å². The average Bonchev–Trinajstić information content (AvgIpc) is 3.29. The first kappa shape index (κ1) is 15.1. The minimum absolute atomic E-state index is 0.0640. The molecule has 3 heterocycles. The summed E-state index contributed by atoms with van der Waals surface area (Å²) in [5, 5.41) is 6.86. The van der Waals surface area contributed by atoms with Crippen LogP contribution >= 0.6 is 0 Å². The highest BCUT2D eigenvalue weighted by Crippen LogP contribution is 2.39. The van der Waals surface area contributed by atoms with Gasteiger partial charge in [0, 0.05) is 5.92 Å². The molecular weight excluding hydrogens is 336 g/mol. The molecule has 3 aliphatic rings. The first-order chi connectivity index (χ1) is 12.7. The molecule has 1 atom stereocenters. The van der Waals surface area contributed by atoms with E-state index in [2.05, 4.69) is 15.5 Å². The van der Waals surface area contributed by atoms with Crippen molar-refractivity contribution in [3.63, 3.8) is 0 Å². The Kier molecular flexibility index (Phi) is 3.31. The zero-order valence-electron chi connectivity index (χ0n) is 13.8. The number of cyclic esters (lactones) is 1.